The van der Waals surface area contributed by atoms with E-state index in [0.29, 0.717) is 12.0 Å². The largest absolute Gasteiger partial charge is 0.324 e. The highest BCUT2D eigenvalue weighted by atomic mass is 35.5. The predicted molar refractivity (Wildman–Crippen MR) is 77.7 cm³/mol. The summed E-state index contributed by atoms with van der Waals surface area (Å²) in [5.41, 5.74) is 7.07. The number of hydrogen-bond donors (Lipinski definition) is 1. The van der Waals surface area contributed by atoms with Crippen molar-refractivity contribution < 1.29 is 0 Å². The topological polar surface area (TPSA) is 29.3 Å². The first kappa shape index (κ1) is 13.6. The molecule has 0 amide bonds. The molecule has 0 saturated carbocycles. The average molecular weight is 265 g/mol. The maximum Gasteiger partial charge on any atom is 0.0453 e. The van der Waals surface area contributed by atoms with Crippen molar-refractivity contribution in [2.75, 3.05) is 13.6 Å². The first-order valence-corrected chi connectivity index (χ1v) is 6.84. The maximum atomic E-state index is 6.24. The standard InChI is InChI=1S/C15H21ClN2/c1-11(14-5-3-4-6-15(14)16)18(2)10-12-7-8-13(17)9-12/h3-8,11-13H,9-10,17H2,1-2H3. The third kappa shape index (κ3) is 3.14. The van der Waals surface area contributed by atoms with Crippen LogP contribution in [-0.2, 0) is 0 Å². The van der Waals surface area contributed by atoms with E-state index < -0.39 is 0 Å². The molecule has 2 nitrogen and oxygen atoms in total. The van der Waals surface area contributed by atoms with Crippen LogP contribution in [0.15, 0.2) is 36.4 Å². The van der Waals surface area contributed by atoms with Gasteiger partial charge in [0, 0.05) is 23.7 Å². The fourth-order valence-electron chi connectivity index (χ4n) is 2.52. The molecule has 2 rings (SSSR count). The molecule has 1 aromatic rings. The lowest BCUT2D eigenvalue weighted by Crippen LogP contribution is -2.28. The minimum atomic E-state index is 0.235. The Morgan fingerprint density at radius 1 is 1.39 bits per heavy atom. The fourth-order valence-corrected chi connectivity index (χ4v) is 2.81. The second kappa shape index (κ2) is 5.87. The predicted octanol–water partition coefficient (Wildman–Crippen LogP) is 3.24. The van der Waals surface area contributed by atoms with E-state index in [0.717, 1.165) is 18.0 Å². The molecule has 1 aliphatic carbocycles. The molecule has 0 aliphatic heterocycles. The molecule has 0 aromatic heterocycles. The Kier molecular flexibility index (Phi) is 4.44. The summed E-state index contributed by atoms with van der Waals surface area (Å²) in [4.78, 5) is 2.34. The molecule has 18 heavy (non-hydrogen) atoms. The molecular formula is C15H21ClN2. The SMILES string of the molecule is CC(c1ccccc1Cl)N(C)CC1C=CC(N)C1. The van der Waals surface area contributed by atoms with Crippen LogP contribution in [0.1, 0.15) is 24.9 Å². The molecule has 1 aromatic carbocycles. The smallest absolute Gasteiger partial charge is 0.0453 e. The lowest BCUT2D eigenvalue weighted by molar-refractivity contribution is 0.234. The minimum Gasteiger partial charge on any atom is -0.324 e. The summed E-state index contributed by atoms with van der Waals surface area (Å²) in [6, 6.07) is 8.61. The zero-order chi connectivity index (χ0) is 13.1. The molecule has 0 bridgehead atoms. The number of rotatable bonds is 4. The minimum absolute atomic E-state index is 0.235. The highest BCUT2D eigenvalue weighted by molar-refractivity contribution is 6.31. The van der Waals surface area contributed by atoms with Gasteiger partial charge in [0.15, 0.2) is 0 Å². The second-order valence-corrected chi connectivity index (χ2v) is 5.59. The Labute approximate surface area is 114 Å². The molecule has 0 spiro atoms. The number of nitrogens with zero attached hydrogens (tertiary/aromatic N) is 1. The lowest BCUT2D eigenvalue weighted by atomic mass is 10.0. The summed E-state index contributed by atoms with van der Waals surface area (Å²) in [7, 11) is 2.14. The lowest BCUT2D eigenvalue weighted by Gasteiger charge is -2.28. The Balaban J connectivity index is 1.99. The fraction of sp³-hybridized carbons (Fsp3) is 0.467. The van der Waals surface area contributed by atoms with E-state index in [2.05, 4.69) is 37.1 Å². The van der Waals surface area contributed by atoms with Crippen LogP contribution in [0.2, 0.25) is 5.02 Å². The molecule has 0 fully saturated rings. The van der Waals surface area contributed by atoms with Crippen LogP contribution in [0.25, 0.3) is 0 Å². The second-order valence-electron chi connectivity index (χ2n) is 5.18. The maximum absolute atomic E-state index is 6.24. The van der Waals surface area contributed by atoms with Crippen molar-refractivity contribution in [1.82, 2.24) is 4.90 Å². The van der Waals surface area contributed by atoms with Crippen molar-refractivity contribution in [1.29, 1.82) is 0 Å². The van der Waals surface area contributed by atoms with Gasteiger partial charge in [-0.2, -0.15) is 0 Å². The highest BCUT2D eigenvalue weighted by Crippen LogP contribution is 2.28. The summed E-state index contributed by atoms with van der Waals surface area (Å²) in [6.45, 7) is 3.22. The van der Waals surface area contributed by atoms with E-state index >= 15 is 0 Å². The molecule has 0 radical (unpaired) electrons. The summed E-state index contributed by atoms with van der Waals surface area (Å²) in [5.74, 6) is 0.565. The van der Waals surface area contributed by atoms with E-state index in [1.165, 1.54) is 5.56 Å². The third-order valence-corrected chi connectivity index (χ3v) is 4.09. The van der Waals surface area contributed by atoms with Crippen molar-refractivity contribution in [3.05, 3.63) is 47.0 Å². The molecule has 0 heterocycles. The Morgan fingerprint density at radius 2 is 2.11 bits per heavy atom. The van der Waals surface area contributed by atoms with Crippen LogP contribution in [0.5, 0.6) is 0 Å². The van der Waals surface area contributed by atoms with Gasteiger partial charge >= 0.3 is 0 Å². The highest BCUT2D eigenvalue weighted by Gasteiger charge is 2.21. The van der Waals surface area contributed by atoms with Crippen molar-refractivity contribution in [3.63, 3.8) is 0 Å². The van der Waals surface area contributed by atoms with Gasteiger partial charge < -0.3 is 5.73 Å². The summed E-state index contributed by atoms with van der Waals surface area (Å²) in [6.07, 6.45) is 5.40. The Hall–Kier alpha value is -0.830. The van der Waals surface area contributed by atoms with Gasteiger partial charge in [0.1, 0.15) is 0 Å². The van der Waals surface area contributed by atoms with Crippen molar-refractivity contribution in [2.45, 2.75) is 25.4 Å². The van der Waals surface area contributed by atoms with Crippen molar-refractivity contribution in [3.8, 4) is 0 Å². The Bertz CT molecular complexity index is 430. The van der Waals surface area contributed by atoms with Crippen LogP contribution in [0.3, 0.4) is 0 Å². The molecule has 1 aliphatic rings. The van der Waals surface area contributed by atoms with Crippen LogP contribution in [-0.4, -0.2) is 24.5 Å². The number of nitrogens with two attached hydrogens (primary N) is 1. The van der Waals surface area contributed by atoms with Gasteiger partial charge in [-0.05, 0) is 37.9 Å². The first-order valence-electron chi connectivity index (χ1n) is 6.46. The molecular weight excluding hydrogens is 244 g/mol. The van der Waals surface area contributed by atoms with E-state index in [1.807, 2.05) is 18.2 Å². The monoisotopic (exact) mass is 264 g/mol. The zero-order valence-electron chi connectivity index (χ0n) is 11.0. The first-order chi connectivity index (χ1) is 8.58. The number of hydrogen-bond acceptors (Lipinski definition) is 2. The van der Waals surface area contributed by atoms with Crippen LogP contribution >= 0.6 is 11.6 Å². The third-order valence-electron chi connectivity index (χ3n) is 3.74. The molecule has 3 heteroatoms. The quantitative estimate of drug-likeness (QED) is 0.846. The summed E-state index contributed by atoms with van der Waals surface area (Å²) >= 11 is 6.24. The van der Waals surface area contributed by atoms with Crippen LogP contribution in [0, 0.1) is 5.92 Å². The van der Waals surface area contributed by atoms with Crippen LogP contribution < -0.4 is 5.73 Å². The van der Waals surface area contributed by atoms with Crippen molar-refractivity contribution >= 4 is 11.6 Å². The number of benzene rings is 1. The van der Waals surface area contributed by atoms with Gasteiger partial charge in [0.05, 0.1) is 0 Å². The van der Waals surface area contributed by atoms with Crippen LogP contribution in [0.4, 0.5) is 0 Å². The van der Waals surface area contributed by atoms with E-state index in [4.69, 9.17) is 17.3 Å². The van der Waals surface area contributed by atoms with E-state index in [-0.39, 0.29) is 6.04 Å². The molecule has 3 unspecified atom stereocenters. The molecule has 98 valence electrons. The molecule has 3 atom stereocenters. The van der Waals surface area contributed by atoms with Gasteiger partial charge in [-0.3, -0.25) is 4.90 Å². The van der Waals surface area contributed by atoms with E-state index in [9.17, 15) is 0 Å². The Morgan fingerprint density at radius 3 is 2.72 bits per heavy atom. The zero-order valence-corrected chi connectivity index (χ0v) is 11.8. The van der Waals surface area contributed by atoms with Gasteiger partial charge in [-0.1, -0.05) is 42.0 Å². The summed E-state index contributed by atoms with van der Waals surface area (Å²) < 4.78 is 0. The molecule has 2 N–H and O–H groups in total. The van der Waals surface area contributed by atoms with Gasteiger partial charge in [-0.25, -0.2) is 0 Å². The average Bonchev–Trinajstić information content (AvgIpc) is 2.74. The molecule has 0 saturated heterocycles. The normalized spacial score (nSPS) is 24.7. The van der Waals surface area contributed by atoms with E-state index in [1.54, 1.807) is 0 Å². The summed E-state index contributed by atoms with van der Waals surface area (Å²) in [5, 5.41) is 0.843. The van der Waals surface area contributed by atoms with Gasteiger partial charge in [-0.15, -0.1) is 0 Å². The van der Waals surface area contributed by atoms with Crippen molar-refractivity contribution in [2.24, 2.45) is 11.7 Å². The number of halogens is 1. The van der Waals surface area contributed by atoms with Gasteiger partial charge in [0.25, 0.3) is 0 Å². The van der Waals surface area contributed by atoms with Gasteiger partial charge in [0.2, 0.25) is 0 Å².